The van der Waals surface area contributed by atoms with Crippen LogP contribution in [-0.4, -0.2) is 21.3 Å². The largest absolute Gasteiger partial charge is 0.308 e. The lowest BCUT2D eigenvalue weighted by Gasteiger charge is -2.33. The van der Waals surface area contributed by atoms with Crippen LogP contribution in [0.1, 0.15) is 25.5 Å². The van der Waals surface area contributed by atoms with Crippen molar-refractivity contribution in [3.05, 3.63) is 34.3 Å². The van der Waals surface area contributed by atoms with Crippen molar-refractivity contribution in [2.75, 3.05) is 6.54 Å². The van der Waals surface area contributed by atoms with Gasteiger partial charge in [0, 0.05) is 33.1 Å². The van der Waals surface area contributed by atoms with Gasteiger partial charge in [-0.1, -0.05) is 28.1 Å². The molecule has 1 fully saturated rings. The van der Waals surface area contributed by atoms with Crippen LogP contribution in [0.2, 0.25) is 0 Å². The minimum Gasteiger partial charge on any atom is -0.308 e. The molecule has 0 aliphatic carbocycles. The maximum atomic E-state index is 12.1. The number of halogens is 1. The van der Waals surface area contributed by atoms with Crippen LogP contribution in [0.3, 0.4) is 0 Å². The molecule has 0 radical (unpaired) electrons. The highest BCUT2D eigenvalue weighted by Crippen LogP contribution is 2.27. The highest BCUT2D eigenvalue weighted by molar-refractivity contribution is 9.10. The predicted octanol–water partition coefficient (Wildman–Crippen LogP) is 2.62. The molecular weight excluding hydrogens is 286 g/mol. The fourth-order valence-electron chi connectivity index (χ4n) is 2.13. The molecule has 0 saturated carbocycles. The molecule has 1 saturated heterocycles. The monoisotopic (exact) mass is 301 g/mol. The summed E-state index contributed by atoms with van der Waals surface area (Å²) in [4.78, 5) is 0. The van der Waals surface area contributed by atoms with Gasteiger partial charge in [0.25, 0.3) is 0 Å². The molecule has 1 aromatic carbocycles. The van der Waals surface area contributed by atoms with Crippen LogP contribution in [0.5, 0.6) is 0 Å². The second-order valence-electron chi connectivity index (χ2n) is 4.29. The van der Waals surface area contributed by atoms with E-state index >= 15 is 0 Å². The summed E-state index contributed by atoms with van der Waals surface area (Å²) < 4.78 is 13.1. The minimum atomic E-state index is -0.745. The van der Waals surface area contributed by atoms with Crippen molar-refractivity contribution < 1.29 is 4.21 Å². The lowest BCUT2D eigenvalue weighted by Crippen LogP contribution is -2.46. The van der Waals surface area contributed by atoms with Gasteiger partial charge in [0.05, 0.1) is 5.25 Å². The number of benzene rings is 1. The molecule has 0 aromatic heterocycles. The van der Waals surface area contributed by atoms with Gasteiger partial charge in [-0.3, -0.25) is 4.21 Å². The van der Waals surface area contributed by atoms with Gasteiger partial charge in [0.15, 0.2) is 0 Å². The van der Waals surface area contributed by atoms with Crippen LogP contribution in [0.25, 0.3) is 0 Å². The van der Waals surface area contributed by atoms with E-state index in [2.05, 4.69) is 40.3 Å². The second kappa shape index (κ2) is 4.98. The van der Waals surface area contributed by atoms with Crippen molar-refractivity contribution in [1.29, 1.82) is 0 Å². The third-order valence-electron chi connectivity index (χ3n) is 3.07. The predicted molar refractivity (Wildman–Crippen MR) is 72.0 cm³/mol. The van der Waals surface area contributed by atoms with Crippen LogP contribution in [0, 0.1) is 0 Å². The molecule has 2 nitrogen and oxygen atoms in total. The number of hydrogen-bond donors (Lipinski definition) is 1. The Balaban J connectivity index is 2.25. The number of rotatable bonds is 1. The van der Waals surface area contributed by atoms with Gasteiger partial charge < -0.3 is 5.32 Å². The van der Waals surface area contributed by atoms with Crippen LogP contribution in [-0.2, 0) is 10.8 Å². The molecule has 1 aromatic rings. The van der Waals surface area contributed by atoms with Gasteiger partial charge in [-0.15, -0.1) is 0 Å². The molecular formula is C12H16BrNOS. The third kappa shape index (κ3) is 2.39. The van der Waals surface area contributed by atoms with Gasteiger partial charge in [-0.2, -0.15) is 0 Å². The zero-order valence-corrected chi connectivity index (χ0v) is 11.8. The topological polar surface area (TPSA) is 29.1 Å². The molecule has 4 heteroatoms. The first kappa shape index (κ1) is 12.3. The first-order valence-electron chi connectivity index (χ1n) is 5.48. The maximum Gasteiger partial charge on any atom is 0.0517 e. The summed E-state index contributed by atoms with van der Waals surface area (Å²) >= 11 is 3.47. The Labute approximate surface area is 107 Å². The number of hydrogen-bond acceptors (Lipinski definition) is 2. The third-order valence-corrected chi connectivity index (χ3v) is 5.52. The van der Waals surface area contributed by atoms with E-state index in [4.69, 9.17) is 0 Å². The van der Waals surface area contributed by atoms with E-state index in [9.17, 15) is 4.21 Å². The van der Waals surface area contributed by atoms with E-state index in [-0.39, 0.29) is 16.5 Å². The number of nitrogens with one attached hydrogen (secondary N) is 1. The molecule has 1 aliphatic heterocycles. The van der Waals surface area contributed by atoms with Crippen molar-refractivity contribution in [3.63, 3.8) is 0 Å². The molecule has 0 bridgehead atoms. The Morgan fingerprint density at radius 1 is 1.44 bits per heavy atom. The maximum absolute atomic E-state index is 12.1. The Bertz CT molecular complexity index is 410. The summed E-state index contributed by atoms with van der Waals surface area (Å²) in [5.41, 5.74) is 1.21. The van der Waals surface area contributed by atoms with Crippen LogP contribution >= 0.6 is 15.9 Å². The van der Waals surface area contributed by atoms with Gasteiger partial charge >= 0.3 is 0 Å². The van der Waals surface area contributed by atoms with E-state index < -0.39 is 10.8 Å². The van der Waals surface area contributed by atoms with E-state index in [1.54, 1.807) is 0 Å². The first-order valence-corrected chi connectivity index (χ1v) is 7.54. The van der Waals surface area contributed by atoms with E-state index in [1.165, 1.54) is 5.56 Å². The molecule has 1 aliphatic rings. The normalized spacial score (nSPS) is 34.9. The van der Waals surface area contributed by atoms with E-state index in [1.807, 2.05) is 19.1 Å². The van der Waals surface area contributed by atoms with Crippen LogP contribution in [0.4, 0.5) is 0 Å². The van der Waals surface area contributed by atoms with E-state index in [0.717, 1.165) is 11.0 Å². The molecule has 0 amide bonds. The molecule has 16 heavy (non-hydrogen) atoms. The molecule has 2 rings (SSSR count). The van der Waals surface area contributed by atoms with Crippen molar-refractivity contribution in [2.45, 2.75) is 30.4 Å². The zero-order valence-electron chi connectivity index (χ0n) is 9.44. The Morgan fingerprint density at radius 2 is 2.19 bits per heavy atom. The Kier molecular flexibility index (Phi) is 3.82. The lowest BCUT2D eigenvalue weighted by molar-refractivity contribution is 0.489. The van der Waals surface area contributed by atoms with E-state index in [0.29, 0.717) is 0 Å². The summed E-state index contributed by atoms with van der Waals surface area (Å²) in [6, 6.07) is 8.42. The lowest BCUT2D eigenvalue weighted by atomic mass is 10.0. The highest BCUT2D eigenvalue weighted by Gasteiger charge is 2.32. The SMILES string of the molecule is CC1CNC(c2cccc(Br)c2)C(C)S1=O. The average molecular weight is 302 g/mol. The Morgan fingerprint density at radius 3 is 2.88 bits per heavy atom. The van der Waals surface area contributed by atoms with Crippen molar-refractivity contribution in [1.82, 2.24) is 5.32 Å². The fourth-order valence-corrected chi connectivity index (χ4v) is 4.06. The van der Waals surface area contributed by atoms with Crippen molar-refractivity contribution in [3.8, 4) is 0 Å². The summed E-state index contributed by atoms with van der Waals surface area (Å²) in [6.07, 6.45) is 0. The van der Waals surface area contributed by atoms with Gasteiger partial charge in [-0.25, -0.2) is 0 Å². The zero-order chi connectivity index (χ0) is 11.7. The van der Waals surface area contributed by atoms with Crippen molar-refractivity contribution >= 4 is 26.7 Å². The van der Waals surface area contributed by atoms with Crippen LogP contribution in [0.15, 0.2) is 28.7 Å². The second-order valence-corrected chi connectivity index (χ2v) is 7.41. The van der Waals surface area contributed by atoms with Gasteiger partial charge in [0.1, 0.15) is 0 Å². The summed E-state index contributed by atoms with van der Waals surface area (Å²) in [5.74, 6) is 0. The van der Waals surface area contributed by atoms with Crippen LogP contribution < -0.4 is 5.32 Å². The highest BCUT2D eigenvalue weighted by atomic mass is 79.9. The summed E-state index contributed by atoms with van der Waals surface area (Å²) in [6.45, 7) is 4.93. The average Bonchev–Trinajstić information content (AvgIpc) is 2.26. The molecule has 1 N–H and O–H groups in total. The minimum absolute atomic E-state index is 0.165. The molecule has 0 spiro atoms. The fraction of sp³-hybridized carbons (Fsp3) is 0.500. The first-order chi connectivity index (χ1) is 7.59. The molecule has 1 heterocycles. The smallest absolute Gasteiger partial charge is 0.0517 e. The van der Waals surface area contributed by atoms with Crippen molar-refractivity contribution in [2.24, 2.45) is 0 Å². The van der Waals surface area contributed by atoms with Gasteiger partial charge in [-0.05, 0) is 31.5 Å². The standard InChI is InChI=1S/C12H16BrNOS/c1-8-7-14-12(9(2)16(8)15)10-4-3-5-11(13)6-10/h3-6,8-9,12,14H,7H2,1-2H3. The molecule has 4 atom stereocenters. The summed E-state index contributed by atoms with van der Waals surface area (Å²) in [7, 11) is -0.745. The Hall–Kier alpha value is -0.190. The summed E-state index contributed by atoms with van der Waals surface area (Å²) in [5, 5.41) is 3.89. The van der Waals surface area contributed by atoms with Gasteiger partial charge in [0.2, 0.25) is 0 Å². The molecule has 4 unspecified atom stereocenters. The quantitative estimate of drug-likeness (QED) is 0.864. The molecule has 88 valence electrons.